The highest BCUT2D eigenvalue weighted by Gasteiger charge is 2.00. The van der Waals surface area contributed by atoms with E-state index < -0.39 is 0 Å². The van der Waals surface area contributed by atoms with Crippen molar-refractivity contribution >= 4 is 44.2 Å². The number of nitrogens with zero attached hydrogens (tertiary/aromatic N) is 2. The summed E-state index contributed by atoms with van der Waals surface area (Å²) in [7, 11) is 2.02. The highest BCUT2D eigenvalue weighted by molar-refractivity contribution is 14.1. The van der Waals surface area contributed by atoms with Crippen LogP contribution in [0.4, 0.5) is 5.69 Å². The molecule has 5 heteroatoms. The van der Waals surface area contributed by atoms with E-state index in [1.807, 2.05) is 24.0 Å². The number of aryl methyl sites for hydroxylation is 1. The fraction of sp³-hybridized carbons (Fsp3) is 0.250. The first-order valence-corrected chi connectivity index (χ1v) is 7.19. The Labute approximate surface area is 123 Å². The van der Waals surface area contributed by atoms with Gasteiger partial charge >= 0.3 is 0 Å². The number of benzene rings is 1. The Bertz CT molecular complexity index is 510. The number of anilines is 1. The third-order valence-corrected chi connectivity index (χ3v) is 4.86. The van der Waals surface area contributed by atoms with Gasteiger partial charge in [-0.2, -0.15) is 0 Å². The van der Waals surface area contributed by atoms with Gasteiger partial charge in [0.1, 0.15) is 5.82 Å². The molecular weight excluding hydrogens is 393 g/mol. The van der Waals surface area contributed by atoms with E-state index in [1.165, 1.54) is 3.57 Å². The van der Waals surface area contributed by atoms with Crippen molar-refractivity contribution in [1.29, 1.82) is 0 Å². The molecule has 0 saturated carbocycles. The molecule has 0 aliphatic rings. The minimum Gasteiger partial charge on any atom is -0.385 e. The molecule has 90 valence electrons. The zero-order valence-corrected chi connectivity index (χ0v) is 13.2. The van der Waals surface area contributed by atoms with Crippen molar-refractivity contribution in [1.82, 2.24) is 9.55 Å². The van der Waals surface area contributed by atoms with Crippen LogP contribution in [0, 0.1) is 3.57 Å². The molecule has 17 heavy (non-hydrogen) atoms. The van der Waals surface area contributed by atoms with Crippen LogP contribution in [0.15, 0.2) is 35.1 Å². The van der Waals surface area contributed by atoms with Crippen molar-refractivity contribution in [3.63, 3.8) is 0 Å². The van der Waals surface area contributed by atoms with Crippen LogP contribution >= 0.6 is 38.5 Å². The normalized spacial score (nSPS) is 10.5. The minimum absolute atomic E-state index is 0.887. The summed E-state index contributed by atoms with van der Waals surface area (Å²) in [5.74, 6) is 1.10. The number of imidazole rings is 1. The molecule has 0 fully saturated rings. The van der Waals surface area contributed by atoms with Crippen molar-refractivity contribution in [3.05, 3.63) is 44.5 Å². The first kappa shape index (κ1) is 12.9. The van der Waals surface area contributed by atoms with Gasteiger partial charge in [0.2, 0.25) is 0 Å². The van der Waals surface area contributed by atoms with Crippen molar-refractivity contribution in [2.75, 3.05) is 11.9 Å². The number of hydrogen-bond donors (Lipinski definition) is 1. The average molecular weight is 406 g/mol. The molecule has 1 aromatic heterocycles. The maximum Gasteiger partial charge on any atom is 0.110 e. The zero-order valence-electron chi connectivity index (χ0n) is 9.45. The van der Waals surface area contributed by atoms with Crippen LogP contribution in [-0.4, -0.2) is 16.1 Å². The molecule has 2 rings (SSSR count). The number of nitrogens with one attached hydrogen (secondary N) is 1. The van der Waals surface area contributed by atoms with E-state index in [2.05, 4.69) is 67.0 Å². The van der Waals surface area contributed by atoms with Crippen molar-refractivity contribution < 1.29 is 0 Å². The standard InChI is InChI=1S/C12H13BrIN3/c1-17-7-6-16-12(17)4-5-15-9-2-3-11(14)10(13)8-9/h2-3,6-8,15H,4-5H2,1H3. The monoisotopic (exact) mass is 405 g/mol. The molecule has 1 N–H and O–H groups in total. The summed E-state index contributed by atoms with van der Waals surface area (Å²) in [5, 5.41) is 3.39. The fourth-order valence-electron chi connectivity index (χ4n) is 1.56. The topological polar surface area (TPSA) is 29.9 Å². The molecule has 2 aromatic rings. The summed E-state index contributed by atoms with van der Waals surface area (Å²) < 4.78 is 4.39. The van der Waals surface area contributed by atoms with E-state index in [-0.39, 0.29) is 0 Å². The van der Waals surface area contributed by atoms with Crippen molar-refractivity contribution in [2.24, 2.45) is 7.05 Å². The van der Waals surface area contributed by atoms with Gasteiger partial charge in [-0.3, -0.25) is 0 Å². The second-order valence-corrected chi connectivity index (χ2v) is 5.78. The maximum absolute atomic E-state index is 4.29. The number of hydrogen-bond acceptors (Lipinski definition) is 2. The Balaban J connectivity index is 1.90. The molecule has 0 unspecified atom stereocenters. The lowest BCUT2D eigenvalue weighted by Crippen LogP contribution is -2.08. The molecule has 0 bridgehead atoms. The quantitative estimate of drug-likeness (QED) is 0.789. The van der Waals surface area contributed by atoms with Crippen LogP contribution < -0.4 is 5.32 Å². The largest absolute Gasteiger partial charge is 0.385 e. The van der Waals surface area contributed by atoms with E-state index in [4.69, 9.17) is 0 Å². The Hall–Kier alpha value is -0.560. The predicted octanol–water partition coefficient (Wildman–Crippen LogP) is 3.44. The van der Waals surface area contributed by atoms with E-state index >= 15 is 0 Å². The molecule has 0 radical (unpaired) electrons. The minimum atomic E-state index is 0.887. The Morgan fingerprint density at radius 1 is 1.47 bits per heavy atom. The van der Waals surface area contributed by atoms with E-state index in [0.29, 0.717) is 0 Å². The third-order valence-electron chi connectivity index (χ3n) is 2.52. The van der Waals surface area contributed by atoms with Crippen LogP contribution in [0.5, 0.6) is 0 Å². The smallest absolute Gasteiger partial charge is 0.110 e. The molecule has 1 aromatic carbocycles. The third kappa shape index (κ3) is 3.45. The van der Waals surface area contributed by atoms with Gasteiger partial charge in [0.15, 0.2) is 0 Å². The van der Waals surface area contributed by atoms with Crippen LogP contribution in [0.25, 0.3) is 0 Å². The van der Waals surface area contributed by atoms with E-state index in [0.717, 1.165) is 29.0 Å². The zero-order chi connectivity index (χ0) is 12.3. The first-order chi connectivity index (χ1) is 8.16. The highest BCUT2D eigenvalue weighted by atomic mass is 127. The highest BCUT2D eigenvalue weighted by Crippen LogP contribution is 2.22. The SMILES string of the molecule is Cn1ccnc1CCNc1ccc(I)c(Br)c1. The van der Waals surface area contributed by atoms with Gasteiger partial charge in [0, 0.05) is 46.1 Å². The molecule has 0 saturated heterocycles. The van der Waals surface area contributed by atoms with E-state index in [1.54, 1.807) is 0 Å². The maximum atomic E-state index is 4.29. The van der Waals surface area contributed by atoms with E-state index in [9.17, 15) is 0 Å². The van der Waals surface area contributed by atoms with Crippen LogP contribution in [0.3, 0.4) is 0 Å². The summed E-state index contributed by atoms with van der Waals surface area (Å²) >= 11 is 5.83. The molecule has 1 heterocycles. The number of halogens is 2. The lowest BCUT2D eigenvalue weighted by atomic mass is 10.3. The van der Waals surface area contributed by atoms with Gasteiger partial charge in [0.25, 0.3) is 0 Å². The van der Waals surface area contributed by atoms with Crippen molar-refractivity contribution in [3.8, 4) is 0 Å². The van der Waals surface area contributed by atoms with Gasteiger partial charge in [-0.15, -0.1) is 0 Å². The van der Waals surface area contributed by atoms with Crippen LogP contribution in [0.2, 0.25) is 0 Å². The van der Waals surface area contributed by atoms with Gasteiger partial charge in [-0.05, 0) is 56.7 Å². The van der Waals surface area contributed by atoms with Gasteiger partial charge in [0.05, 0.1) is 0 Å². The first-order valence-electron chi connectivity index (χ1n) is 5.32. The number of aromatic nitrogens is 2. The Morgan fingerprint density at radius 3 is 2.94 bits per heavy atom. The van der Waals surface area contributed by atoms with Crippen LogP contribution in [0.1, 0.15) is 5.82 Å². The van der Waals surface area contributed by atoms with Gasteiger partial charge < -0.3 is 9.88 Å². The van der Waals surface area contributed by atoms with Crippen LogP contribution in [-0.2, 0) is 13.5 Å². The summed E-state index contributed by atoms with van der Waals surface area (Å²) in [4.78, 5) is 4.29. The Morgan fingerprint density at radius 2 is 2.29 bits per heavy atom. The molecule has 0 aliphatic carbocycles. The average Bonchev–Trinajstić information content (AvgIpc) is 2.70. The summed E-state index contributed by atoms with van der Waals surface area (Å²) in [6.07, 6.45) is 4.72. The molecule has 0 aliphatic heterocycles. The molecule has 0 amide bonds. The molecule has 0 atom stereocenters. The molecule has 0 spiro atoms. The lowest BCUT2D eigenvalue weighted by molar-refractivity contribution is 0.789. The fourth-order valence-corrected chi connectivity index (χ4v) is 2.28. The molecular formula is C12H13BrIN3. The molecule has 3 nitrogen and oxygen atoms in total. The summed E-state index contributed by atoms with van der Waals surface area (Å²) in [6.45, 7) is 0.887. The summed E-state index contributed by atoms with van der Waals surface area (Å²) in [6, 6.07) is 6.28. The predicted molar refractivity (Wildman–Crippen MR) is 82.3 cm³/mol. The number of rotatable bonds is 4. The lowest BCUT2D eigenvalue weighted by Gasteiger charge is -2.07. The van der Waals surface area contributed by atoms with Gasteiger partial charge in [-0.1, -0.05) is 0 Å². The summed E-state index contributed by atoms with van der Waals surface area (Å²) in [5.41, 5.74) is 1.13. The van der Waals surface area contributed by atoms with Crippen molar-refractivity contribution in [2.45, 2.75) is 6.42 Å². The second-order valence-electron chi connectivity index (χ2n) is 3.76. The second kappa shape index (κ2) is 5.86. The van der Waals surface area contributed by atoms with Gasteiger partial charge in [-0.25, -0.2) is 4.98 Å². The Kier molecular flexibility index (Phi) is 4.44.